The third-order valence-electron chi connectivity index (χ3n) is 12.5. The third kappa shape index (κ3) is 13.0. The average molecular weight is 1020 g/mol. The molecule has 10 bridgehead atoms. The molecular weight excluding hydrogens is 950 g/mol. The topological polar surface area (TPSA) is 440 Å². The predicted molar refractivity (Wildman–Crippen MR) is 221 cm³/mol. The van der Waals surface area contributed by atoms with Crippen LogP contribution >= 0.6 is 0 Å². The van der Waals surface area contributed by atoms with E-state index in [1.807, 2.05) is 0 Å². The number of amides is 5. The zero-order valence-corrected chi connectivity index (χ0v) is 38.6. The first-order valence-corrected chi connectivity index (χ1v) is 22.5. The standard InChI is InChI=1S/C40H65N5O25/c1-11(46)41-21-31(56)26(51)16-7-62-37-23(43-13(3)48)33(58)28(53)18(68-37)9-64-39-25(45-15(5)50)35(60)30(55)20(70-39)10-65-40-24(44-14(4)49)34(59)29(54)19(69-40)8-63-38-22(42-12(2)47)32(57)27(52)17(67-38)6-61-36(21)66-16/h16-40,51-60H,6-10H2,1-5H3,(H,41,46)(H,42,47)(H,43,48)(H,44,49)(H,45,50)/t16-,17-,18-,19-,20-,21-,22-,23-,24-,25-,26-,27-,28-,29-,30-,31-,32-,33-,34-,35-,36-,37-,38-,39-,40-/m1/s1. The number of aliphatic hydroxyl groups excluding tert-OH is 10. The molecule has 6 fully saturated rings. The van der Waals surface area contributed by atoms with Crippen LogP contribution in [-0.4, -0.2) is 267 Å². The molecule has 6 heterocycles. The van der Waals surface area contributed by atoms with Crippen LogP contribution in [0.4, 0.5) is 0 Å². The lowest BCUT2D eigenvalue weighted by Gasteiger charge is -2.46. The Morgan fingerprint density at radius 1 is 0.286 bits per heavy atom. The zero-order chi connectivity index (χ0) is 51.5. The molecule has 15 N–H and O–H groups in total. The molecule has 25 atom stereocenters. The van der Waals surface area contributed by atoms with Gasteiger partial charge in [-0.3, -0.25) is 24.0 Å². The van der Waals surface area contributed by atoms with E-state index in [2.05, 4.69) is 26.6 Å². The van der Waals surface area contributed by atoms with E-state index in [0.717, 1.165) is 34.6 Å². The van der Waals surface area contributed by atoms with Crippen LogP contribution in [0, 0.1) is 0 Å². The summed E-state index contributed by atoms with van der Waals surface area (Å²) in [6.07, 6.45) is -34.7. The van der Waals surface area contributed by atoms with Crippen molar-refractivity contribution >= 4 is 29.5 Å². The highest BCUT2D eigenvalue weighted by Crippen LogP contribution is 2.32. The van der Waals surface area contributed by atoms with Gasteiger partial charge in [-0.15, -0.1) is 0 Å². The lowest BCUT2D eigenvalue weighted by atomic mass is 9.95. The van der Waals surface area contributed by atoms with Crippen LogP contribution in [0.3, 0.4) is 0 Å². The van der Waals surface area contributed by atoms with Gasteiger partial charge in [-0.05, 0) is 0 Å². The van der Waals surface area contributed by atoms with E-state index in [0.29, 0.717) is 0 Å². The Bertz CT molecular complexity index is 1520. The van der Waals surface area contributed by atoms with E-state index in [-0.39, 0.29) is 0 Å². The minimum absolute atomic E-state index is 0.708. The Morgan fingerprint density at radius 2 is 0.429 bits per heavy atom. The first kappa shape index (κ1) is 55.9. The molecule has 6 saturated heterocycles. The minimum Gasteiger partial charge on any atom is -0.388 e. The van der Waals surface area contributed by atoms with Gasteiger partial charge >= 0.3 is 0 Å². The second kappa shape index (κ2) is 24.1. The van der Waals surface area contributed by atoms with Crippen molar-refractivity contribution in [2.75, 3.05) is 33.0 Å². The van der Waals surface area contributed by atoms with Gasteiger partial charge in [-0.1, -0.05) is 0 Å². The van der Waals surface area contributed by atoms with Gasteiger partial charge in [0, 0.05) is 34.6 Å². The monoisotopic (exact) mass is 1020 g/mol. The number of hydrogen-bond donors (Lipinski definition) is 15. The van der Waals surface area contributed by atoms with Gasteiger partial charge in [-0.2, -0.15) is 0 Å². The summed E-state index contributed by atoms with van der Waals surface area (Å²) in [6, 6.07) is -7.55. The van der Waals surface area contributed by atoms with Crippen molar-refractivity contribution in [3.05, 3.63) is 0 Å². The maximum Gasteiger partial charge on any atom is 0.217 e. The Morgan fingerprint density at radius 3 is 0.557 bits per heavy atom. The molecule has 400 valence electrons. The van der Waals surface area contributed by atoms with Gasteiger partial charge in [0.1, 0.15) is 122 Å². The lowest BCUT2D eigenvalue weighted by Crippen LogP contribution is -2.67. The Kier molecular flexibility index (Phi) is 19.2. The van der Waals surface area contributed by atoms with E-state index in [1.54, 1.807) is 0 Å². The van der Waals surface area contributed by atoms with E-state index < -0.39 is 216 Å². The minimum atomic E-state index is -1.85. The molecule has 0 aromatic heterocycles. The predicted octanol–water partition coefficient (Wildman–Crippen LogP) is -10.2. The summed E-state index contributed by atoms with van der Waals surface area (Å²) < 4.78 is 59.5. The number of ether oxygens (including phenoxy) is 10. The molecule has 0 aromatic carbocycles. The van der Waals surface area contributed by atoms with E-state index in [4.69, 9.17) is 47.4 Å². The second-order valence-corrected chi connectivity index (χ2v) is 17.9. The van der Waals surface area contributed by atoms with Crippen molar-refractivity contribution in [2.24, 2.45) is 0 Å². The fourth-order valence-electron chi connectivity index (χ4n) is 8.95. The van der Waals surface area contributed by atoms with Crippen LogP contribution in [-0.2, 0) is 71.3 Å². The summed E-state index contributed by atoms with van der Waals surface area (Å²) in [5, 5.41) is 125. The largest absolute Gasteiger partial charge is 0.388 e. The normalized spacial score (nSPS) is 46.4. The molecular formula is C40H65N5O25. The average Bonchev–Trinajstić information content (AvgIpc) is 3.28. The highest BCUT2D eigenvalue weighted by Gasteiger charge is 2.54. The van der Waals surface area contributed by atoms with Gasteiger partial charge in [0.15, 0.2) is 31.5 Å². The van der Waals surface area contributed by atoms with Crippen molar-refractivity contribution in [1.29, 1.82) is 0 Å². The Labute approximate surface area is 399 Å². The zero-order valence-electron chi connectivity index (χ0n) is 38.6. The number of nitrogens with one attached hydrogen (secondary N) is 5. The fourth-order valence-corrected chi connectivity index (χ4v) is 8.95. The summed E-state index contributed by atoms with van der Waals surface area (Å²) in [5.74, 6) is -3.54. The molecule has 0 radical (unpaired) electrons. The van der Waals surface area contributed by atoms with Crippen molar-refractivity contribution in [2.45, 2.75) is 188 Å². The number of carbonyl (C=O) groups excluding carboxylic acids is 5. The highest BCUT2D eigenvalue weighted by atomic mass is 16.8. The maximum atomic E-state index is 12.3. The van der Waals surface area contributed by atoms with Crippen molar-refractivity contribution in [3.63, 3.8) is 0 Å². The molecule has 0 saturated carbocycles. The highest BCUT2D eigenvalue weighted by molar-refractivity contribution is 5.74. The summed E-state index contributed by atoms with van der Waals surface area (Å²) in [6.45, 7) is 1.90. The summed E-state index contributed by atoms with van der Waals surface area (Å²) >= 11 is 0. The molecule has 0 unspecified atom stereocenters. The Hall–Kier alpha value is -3.45. The van der Waals surface area contributed by atoms with Gasteiger partial charge in [0.2, 0.25) is 29.5 Å². The van der Waals surface area contributed by atoms with Gasteiger partial charge in [0.05, 0.1) is 33.0 Å². The van der Waals surface area contributed by atoms with E-state index in [9.17, 15) is 75.0 Å². The Balaban J connectivity index is 1.36. The van der Waals surface area contributed by atoms with Crippen LogP contribution in [0.5, 0.6) is 0 Å². The number of fused-ring (bicyclic) bond motifs is 10. The van der Waals surface area contributed by atoms with Gasteiger partial charge in [-0.25, -0.2) is 0 Å². The number of rotatable bonds is 5. The summed E-state index contributed by atoms with van der Waals surface area (Å²) in [7, 11) is 0. The quantitative estimate of drug-likeness (QED) is 0.122. The molecule has 0 aliphatic carbocycles. The second-order valence-electron chi connectivity index (χ2n) is 17.9. The molecule has 70 heavy (non-hydrogen) atoms. The molecule has 6 rings (SSSR count). The van der Waals surface area contributed by atoms with Crippen LogP contribution in [0.15, 0.2) is 0 Å². The first-order chi connectivity index (χ1) is 33.0. The SMILES string of the molecule is CC(=O)N[C@H]1[C@@H]2OC[C@H]3O[C@@H](OC[C@H]4O[C@@H](OC[C@H]5O[C@@H](OC[C@H]6O[C@@H](OC[C@@H](O2)[C@@H](O)[C@@H]1O)[C@H](NC(C)=O)[C@@H](O)[C@@H]6O)[C@H](NC(C)=O)[C@@H](O)[C@@H]5O)[C@H](NC(C)=O)[C@@H](O)[C@@H]4O)[C@H](NC(C)=O)[C@@H](O)[C@@H]3O. The molecule has 5 amide bonds. The molecule has 30 nitrogen and oxygen atoms in total. The van der Waals surface area contributed by atoms with Crippen LogP contribution in [0.2, 0.25) is 0 Å². The molecule has 6 aliphatic rings. The van der Waals surface area contributed by atoms with E-state index >= 15 is 0 Å². The summed E-state index contributed by atoms with van der Waals surface area (Å²) in [4.78, 5) is 61.5. The molecule has 0 spiro atoms. The van der Waals surface area contributed by atoms with Crippen LogP contribution in [0.25, 0.3) is 0 Å². The smallest absolute Gasteiger partial charge is 0.217 e. The summed E-state index contributed by atoms with van der Waals surface area (Å²) in [5.41, 5.74) is 0. The maximum absolute atomic E-state index is 12.3. The van der Waals surface area contributed by atoms with Crippen molar-refractivity contribution in [1.82, 2.24) is 26.6 Å². The number of hydrogen-bond acceptors (Lipinski definition) is 25. The van der Waals surface area contributed by atoms with Crippen molar-refractivity contribution in [3.8, 4) is 0 Å². The molecule has 30 heteroatoms. The molecule has 6 aliphatic heterocycles. The van der Waals surface area contributed by atoms with Gasteiger partial charge in [0.25, 0.3) is 0 Å². The number of aliphatic hydroxyl groups is 10. The number of carbonyl (C=O) groups is 5. The van der Waals surface area contributed by atoms with Crippen LogP contribution in [0.1, 0.15) is 34.6 Å². The lowest BCUT2D eigenvalue weighted by molar-refractivity contribution is -0.322. The van der Waals surface area contributed by atoms with Crippen LogP contribution < -0.4 is 26.6 Å². The molecule has 0 aromatic rings. The first-order valence-electron chi connectivity index (χ1n) is 22.5. The van der Waals surface area contributed by atoms with Crippen molar-refractivity contribution < 1.29 is 122 Å². The van der Waals surface area contributed by atoms with Gasteiger partial charge < -0.3 is 125 Å². The van der Waals surface area contributed by atoms with E-state index in [1.165, 1.54) is 0 Å². The fraction of sp³-hybridized carbons (Fsp3) is 0.875. The third-order valence-corrected chi connectivity index (χ3v) is 12.5.